The van der Waals surface area contributed by atoms with E-state index >= 15 is 0 Å². The Morgan fingerprint density at radius 2 is 1.81 bits per heavy atom. The predicted molar refractivity (Wildman–Crippen MR) is 107 cm³/mol. The number of nitrogens with one attached hydrogen (secondary N) is 2. The molecule has 3 heterocycles. The van der Waals surface area contributed by atoms with Gasteiger partial charge >= 0.3 is 23.9 Å². The van der Waals surface area contributed by atoms with Crippen LogP contribution in [0, 0.1) is 0 Å². The molecule has 1 aromatic carbocycles. The number of rotatable bonds is 6. The lowest BCUT2D eigenvalue weighted by Gasteiger charge is -2.15. The standard InChI is InChI=1S/C19H16N4O7S/c24-15(21-18(27)20-11-3-4-13-14(8-11)30-10-29-13)9-23-17(26)16(25)22(19(23)28)6-5-12-2-1-7-31-12/h1-4,7-8H,5-6,9-10H2,(H2,20,21,24,27). The highest BCUT2D eigenvalue weighted by Gasteiger charge is 2.45. The van der Waals surface area contributed by atoms with Gasteiger partial charge in [0.2, 0.25) is 12.7 Å². The van der Waals surface area contributed by atoms with Gasteiger partial charge in [0.1, 0.15) is 6.54 Å². The van der Waals surface area contributed by atoms with Crippen LogP contribution < -0.4 is 20.1 Å². The van der Waals surface area contributed by atoms with Crippen molar-refractivity contribution in [3.63, 3.8) is 0 Å². The van der Waals surface area contributed by atoms with E-state index in [9.17, 15) is 24.0 Å². The van der Waals surface area contributed by atoms with Crippen LogP contribution in [0.25, 0.3) is 0 Å². The maximum Gasteiger partial charge on any atom is 0.334 e. The van der Waals surface area contributed by atoms with Crippen molar-refractivity contribution >= 4 is 46.8 Å². The molecule has 2 aliphatic rings. The maximum absolute atomic E-state index is 12.4. The number of nitrogens with zero attached hydrogens (tertiary/aromatic N) is 2. The fourth-order valence-electron chi connectivity index (χ4n) is 3.01. The van der Waals surface area contributed by atoms with Gasteiger partial charge in [0.05, 0.1) is 0 Å². The minimum atomic E-state index is -1.11. The van der Waals surface area contributed by atoms with Gasteiger partial charge in [-0.15, -0.1) is 11.3 Å². The summed E-state index contributed by atoms with van der Waals surface area (Å²) in [5.41, 5.74) is 0.345. The molecule has 0 radical (unpaired) electrons. The Labute approximate surface area is 179 Å². The molecule has 11 nitrogen and oxygen atoms in total. The third-order valence-electron chi connectivity index (χ3n) is 4.48. The molecule has 0 unspecified atom stereocenters. The molecule has 1 saturated heterocycles. The van der Waals surface area contributed by atoms with Gasteiger partial charge in [0.15, 0.2) is 11.5 Å². The lowest BCUT2D eigenvalue weighted by atomic mass is 10.3. The smallest absolute Gasteiger partial charge is 0.334 e. The molecule has 0 aliphatic carbocycles. The molecule has 1 aromatic heterocycles. The van der Waals surface area contributed by atoms with E-state index in [1.54, 1.807) is 12.1 Å². The molecule has 1 fully saturated rings. The third kappa shape index (κ3) is 4.33. The zero-order valence-electron chi connectivity index (χ0n) is 16.0. The molecule has 12 heteroatoms. The average Bonchev–Trinajstić information content (AvgIpc) is 3.45. The first kappa shape index (κ1) is 20.3. The molecule has 2 aromatic rings. The lowest BCUT2D eigenvalue weighted by molar-refractivity contribution is -0.143. The summed E-state index contributed by atoms with van der Waals surface area (Å²) in [5.74, 6) is -2.06. The van der Waals surface area contributed by atoms with Gasteiger partial charge in [-0.3, -0.25) is 24.6 Å². The summed E-state index contributed by atoms with van der Waals surface area (Å²) in [6, 6.07) is 6.59. The van der Waals surface area contributed by atoms with Crippen LogP contribution in [-0.2, 0) is 20.8 Å². The fourth-order valence-corrected chi connectivity index (χ4v) is 3.71. The minimum Gasteiger partial charge on any atom is -0.454 e. The van der Waals surface area contributed by atoms with Crippen LogP contribution in [0.5, 0.6) is 11.5 Å². The van der Waals surface area contributed by atoms with E-state index < -0.39 is 36.3 Å². The molecule has 0 spiro atoms. The molecule has 160 valence electrons. The molecule has 31 heavy (non-hydrogen) atoms. The molecule has 0 saturated carbocycles. The highest BCUT2D eigenvalue weighted by molar-refractivity contribution is 7.09. The molecular formula is C19H16N4O7S. The van der Waals surface area contributed by atoms with E-state index in [0.29, 0.717) is 28.5 Å². The number of carbonyl (C=O) groups excluding carboxylic acids is 5. The highest BCUT2D eigenvalue weighted by Crippen LogP contribution is 2.34. The molecule has 0 atom stereocenters. The number of anilines is 1. The van der Waals surface area contributed by atoms with Crippen LogP contribution in [0.3, 0.4) is 0 Å². The minimum absolute atomic E-state index is 0.0205. The van der Waals surface area contributed by atoms with E-state index in [-0.39, 0.29) is 13.3 Å². The summed E-state index contributed by atoms with van der Waals surface area (Å²) in [6.45, 7) is -0.662. The molecule has 0 bridgehead atoms. The van der Waals surface area contributed by atoms with Crippen LogP contribution in [0.1, 0.15) is 4.88 Å². The second kappa shape index (κ2) is 8.44. The van der Waals surface area contributed by atoms with E-state index in [1.165, 1.54) is 17.4 Å². The van der Waals surface area contributed by atoms with Crippen molar-refractivity contribution in [1.82, 2.24) is 15.1 Å². The quantitative estimate of drug-likeness (QED) is 0.504. The van der Waals surface area contributed by atoms with Gasteiger partial charge in [-0.25, -0.2) is 14.5 Å². The number of amides is 7. The summed E-state index contributed by atoms with van der Waals surface area (Å²) in [5, 5.41) is 6.31. The van der Waals surface area contributed by atoms with Crippen LogP contribution in [0.4, 0.5) is 15.3 Å². The zero-order chi connectivity index (χ0) is 22.0. The van der Waals surface area contributed by atoms with Crippen molar-refractivity contribution in [3.8, 4) is 11.5 Å². The number of carbonyl (C=O) groups is 5. The van der Waals surface area contributed by atoms with E-state index in [2.05, 4.69) is 5.32 Å². The number of urea groups is 2. The third-order valence-corrected chi connectivity index (χ3v) is 5.42. The summed E-state index contributed by atoms with van der Waals surface area (Å²) in [4.78, 5) is 63.1. The first-order valence-electron chi connectivity index (χ1n) is 9.12. The van der Waals surface area contributed by atoms with Gasteiger partial charge in [-0.2, -0.15) is 0 Å². The number of imide groups is 3. The lowest BCUT2D eigenvalue weighted by Crippen LogP contribution is -2.44. The molecule has 4 rings (SSSR count). The number of hydrogen-bond donors (Lipinski definition) is 2. The Balaban J connectivity index is 1.31. The highest BCUT2D eigenvalue weighted by atomic mass is 32.1. The first-order valence-corrected chi connectivity index (χ1v) is 10.0. The van der Waals surface area contributed by atoms with Crippen LogP contribution in [0.15, 0.2) is 35.7 Å². The Kier molecular flexibility index (Phi) is 5.54. The van der Waals surface area contributed by atoms with Gasteiger partial charge in [0.25, 0.3) is 0 Å². The van der Waals surface area contributed by atoms with Crippen molar-refractivity contribution in [3.05, 3.63) is 40.6 Å². The molecular weight excluding hydrogens is 428 g/mol. The number of fused-ring (bicyclic) bond motifs is 1. The Hall–Kier alpha value is -3.93. The second-order valence-corrected chi connectivity index (χ2v) is 7.56. The number of benzene rings is 1. The Bertz CT molecular complexity index is 1070. The summed E-state index contributed by atoms with van der Waals surface area (Å²) in [6.07, 6.45) is 0.403. The van der Waals surface area contributed by atoms with Crippen molar-refractivity contribution in [2.45, 2.75) is 6.42 Å². The Morgan fingerprint density at radius 1 is 1.03 bits per heavy atom. The van der Waals surface area contributed by atoms with Crippen LogP contribution in [-0.4, -0.2) is 59.5 Å². The topological polar surface area (TPSA) is 134 Å². The largest absolute Gasteiger partial charge is 0.454 e. The Morgan fingerprint density at radius 3 is 2.58 bits per heavy atom. The van der Waals surface area contributed by atoms with Gasteiger partial charge < -0.3 is 14.8 Å². The van der Waals surface area contributed by atoms with Crippen molar-refractivity contribution < 1.29 is 33.4 Å². The molecule has 7 amide bonds. The summed E-state index contributed by atoms with van der Waals surface area (Å²) >= 11 is 1.46. The second-order valence-electron chi connectivity index (χ2n) is 6.53. The summed E-state index contributed by atoms with van der Waals surface area (Å²) in [7, 11) is 0. The average molecular weight is 444 g/mol. The maximum atomic E-state index is 12.4. The zero-order valence-corrected chi connectivity index (χ0v) is 16.8. The van der Waals surface area contributed by atoms with Gasteiger partial charge in [-0.1, -0.05) is 6.07 Å². The number of hydrogen-bond acceptors (Lipinski definition) is 8. The van der Waals surface area contributed by atoms with Crippen LogP contribution in [0.2, 0.25) is 0 Å². The van der Waals surface area contributed by atoms with Gasteiger partial charge in [0, 0.05) is 29.6 Å². The van der Waals surface area contributed by atoms with Crippen molar-refractivity contribution in [1.29, 1.82) is 0 Å². The number of thiophene rings is 1. The molecule has 2 N–H and O–H groups in total. The number of ether oxygens (including phenoxy) is 2. The first-order chi connectivity index (χ1) is 14.9. The van der Waals surface area contributed by atoms with Crippen molar-refractivity contribution in [2.75, 3.05) is 25.2 Å². The fraction of sp³-hybridized carbons (Fsp3) is 0.211. The van der Waals surface area contributed by atoms with Crippen LogP contribution >= 0.6 is 11.3 Å². The SMILES string of the molecule is O=C(CN1C(=O)C(=O)N(CCc2cccs2)C1=O)NC(=O)Nc1ccc2c(c1)OCO2. The predicted octanol–water partition coefficient (Wildman–Crippen LogP) is 1.16. The van der Waals surface area contributed by atoms with Crippen molar-refractivity contribution in [2.24, 2.45) is 0 Å². The van der Waals surface area contributed by atoms with E-state index in [4.69, 9.17) is 9.47 Å². The van der Waals surface area contributed by atoms with E-state index in [1.807, 2.05) is 22.8 Å². The molecule has 2 aliphatic heterocycles. The van der Waals surface area contributed by atoms with Gasteiger partial charge in [-0.05, 0) is 23.6 Å². The monoisotopic (exact) mass is 444 g/mol. The van der Waals surface area contributed by atoms with E-state index in [0.717, 1.165) is 9.78 Å². The summed E-state index contributed by atoms with van der Waals surface area (Å²) < 4.78 is 10.4. The normalized spacial score (nSPS) is 14.9.